The number of benzene rings is 2. The molecule has 0 aliphatic heterocycles. The van der Waals surface area contributed by atoms with Crippen LogP contribution in [0.25, 0.3) is 0 Å². The molecule has 4 heteroatoms. The molecule has 19 heavy (non-hydrogen) atoms. The van der Waals surface area contributed by atoms with Crippen molar-refractivity contribution in [3.63, 3.8) is 0 Å². The van der Waals surface area contributed by atoms with E-state index in [0.717, 1.165) is 11.3 Å². The van der Waals surface area contributed by atoms with Gasteiger partial charge in [-0.3, -0.25) is 0 Å². The molecular weight excluding hydrogens is 244 g/mol. The monoisotopic (exact) mass is 258 g/mol. The summed E-state index contributed by atoms with van der Waals surface area (Å²) in [4.78, 5) is 10.9. The maximum absolute atomic E-state index is 10.9. The third-order valence-electron chi connectivity index (χ3n) is 2.72. The van der Waals surface area contributed by atoms with Crippen molar-refractivity contribution in [1.82, 2.24) is 0 Å². The lowest BCUT2D eigenvalue weighted by molar-refractivity contribution is 0.0696. The van der Waals surface area contributed by atoms with E-state index in [4.69, 9.17) is 14.6 Å². The van der Waals surface area contributed by atoms with Crippen LogP contribution in [0, 0.1) is 6.92 Å². The van der Waals surface area contributed by atoms with E-state index in [1.165, 1.54) is 6.07 Å². The number of rotatable bonds is 4. The van der Waals surface area contributed by atoms with E-state index in [0.29, 0.717) is 11.5 Å². The first-order valence-corrected chi connectivity index (χ1v) is 5.76. The second-order valence-electron chi connectivity index (χ2n) is 4.06. The summed E-state index contributed by atoms with van der Waals surface area (Å²) in [5.74, 6) is 0.930. The van der Waals surface area contributed by atoms with E-state index < -0.39 is 5.97 Å². The fraction of sp³-hybridized carbons (Fsp3) is 0.133. The van der Waals surface area contributed by atoms with Gasteiger partial charge in [-0.2, -0.15) is 0 Å². The molecule has 0 radical (unpaired) electrons. The average Bonchev–Trinajstić information content (AvgIpc) is 2.42. The number of carboxylic acid groups (broad SMARTS) is 1. The van der Waals surface area contributed by atoms with Crippen LogP contribution in [0.15, 0.2) is 42.5 Å². The first-order chi connectivity index (χ1) is 9.10. The lowest BCUT2D eigenvalue weighted by atomic mass is 10.1. The number of hydrogen-bond donors (Lipinski definition) is 1. The van der Waals surface area contributed by atoms with E-state index in [1.54, 1.807) is 43.5 Å². The van der Waals surface area contributed by atoms with Crippen LogP contribution in [-0.2, 0) is 0 Å². The molecule has 0 spiro atoms. The molecule has 4 nitrogen and oxygen atoms in total. The van der Waals surface area contributed by atoms with E-state index in [-0.39, 0.29) is 5.56 Å². The quantitative estimate of drug-likeness (QED) is 0.912. The lowest BCUT2D eigenvalue weighted by Gasteiger charge is -2.10. The predicted molar refractivity (Wildman–Crippen MR) is 71.2 cm³/mol. The Hall–Kier alpha value is -2.49. The molecule has 0 aliphatic carbocycles. The summed E-state index contributed by atoms with van der Waals surface area (Å²) in [6, 6.07) is 11.9. The van der Waals surface area contributed by atoms with Gasteiger partial charge in [0.1, 0.15) is 17.2 Å². The van der Waals surface area contributed by atoms with Crippen molar-refractivity contribution in [3.05, 3.63) is 53.6 Å². The zero-order chi connectivity index (χ0) is 13.8. The van der Waals surface area contributed by atoms with Gasteiger partial charge in [0.15, 0.2) is 0 Å². The van der Waals surface area contributed by atoms with Crippen molar-refractivity contribution in [2.45, 2.75) is 6.92 Å². The van der Waals surface area contributed by atoms with Crippen molar-refractivity contribution in [3.8, 4) is 17.2 Å². The first kappa shape index (κ1) is 13.0. The number of aryl methyl sites for hydroxylation is 1. The fourth-order valence-electron chi connectivity index (χ4n) is 1.61. The van der Waals surface area contributed by atoms with Crippen molar-refractivity contribution >= 4 is 5.97 Å². The molecule has 0 heterocycles. The van der Waals surface area contributed by atoms with Gasteiger partial charge in [-0.15, -0.1) is 0 Å². The van der Waals surface area contributed by atoms with E-state index >= 15 is 0 Å². The summed E-state index contributed by atoms with van der Waals surface area (Å²) in [7, 11) is 1.59. The normalized spacial score (nSPS) is 10.0. The minimum atomic E-state index is -0.973. The SMILES string of the molecule is COc1ccc(Oc2cc(C(=O)O)ccc2C)cc1. The molecule has 2 aromatic carbocycles. The zero-order valence-electron chi connectivity index (χ0n) is 10.7. The maximum Gasteiger partial charge on any atom is 0.335 e. The van der Waals surface area contributed by atoms with Gasteiger partial charge in [0, 0.05) is 0 Å². The largest absolute Gasteiger partial charge is 0.497 e. The third-order valence-corrected chi connectivity index (χ3v) is 2.72. The van der Waals surface area contributed by atoms with Crippen LogP contribution in [0.5, 0.6) is 17.2 Å². The van der Waals surface area contributed by atoms with Crippen LogP contribution >= 0.6 is 0 Å². The fourth-order valence-corrected chi connectivity index (χ4v) is 1.61. The third kappa shape index (κ3) is 3.04. The summed E-state index contributed by atoms with van der Waals surface area (Å²) in [5.41, 5.74) is 1.08. The molecule has 0 atom stereocenters. The molecular formula is C15H14O4. The standard InChI is InChI=1S/C15H14O4/c1-10-3-4-11(15(16)17)9-14(10)19-13-7-5-12(18-2)6-8-13/h3-9H,1-2H3,(H,16,17). The average molecular weight is 258 g/mol. The van der Waals surface area contributed by atoms with Crippen molar-refractivity contribution < 1.29 is 19.4 Å². The molecule has 0 saturated carbocycles. The molecule has 0 bridgehead atoms. The van der Waals surface area contributed by atoms with E-state index in [9.17, 15) is 4.79 Å². The topological polar surface area (TPSA) is 55.8 Å². The molecule has 0 saturated heterocycles. The molecule has 0 aliphatic rings. The second-order valence-corrected chi connectivity index (χ2v) is 4.06. The molecule has 98 valence electrons. The summed E-state index contributed by atoms with van der Waals surface area (Å²) in [5, 5.41) is 8.96. The lowest BCUT2D eigenvalue weighted by Crippen LogP contribution is -1.97. The van der Waals surface area contributed by atoms with Crippen LogP contribution in [0.4, 0.5) is 0 Å². The van der Waals surface area contributed by atoms with Gasteiger partial charge in [0.2, 0.25) is 0 Å². The van der Waals surface area contributed by atoms with Crippen LogP contribution in [0.2, 0.25) is 0 Å². The van der Waals surface area contributed by atoms with Crippen LogP contribution < -0.4 is 9.47 Å². The summed E-state index contributed by atoms with van der Waals surface area (Å²) in [6.07, 6.45) is 0. The van der Waals surface area contributed by atoms with Gasteiger partial charge in [0.05, 0.1) is 12.7 Å². The Morgan fingerprint density at radius 3 is 2.26 bits per heavy atom. The molecule has 0 amide bonds. The minimum Gasteiger partial charge on any atom is -0.497 e. The van der Waals surface area contributed by atoms with Crippen molar-refractivity contribution in [1.29, 1.82) is 0 Å². The highest BCUT2D eigenvalue weighted by Gasteiger charge is 2.08. The molecule has 2 rings (SSSR count). The van der Waals surface area contributed by atoms with E-state index in [1.807, 2.05) is 6.92 Å². The molecule has 1 N–H and O–H groups in total. The number of carboxylic acids is 1. The Balaban J connectivity index is 2.26. The smallest absolute Gasteiger partial charge is 0.335 e. The van der Waals surface area contributed by atoms with Gasteiger partial charge in [0.25, 0.3) is 0 Å². The number of carbonyl (C=O) groups is 1. The highest BCUT2D eigenvalue weighted by atomic mass is 16.5. The maximum atomic E-state index is 10.9. The second kappa shape index (κ2) is 5.44. The van der Waals surface area contributed by atoms with Gasteiger partial charge in [-0.05, 0) is 48.9 Å². The van der Waals surface area contributed by atoms with E-state index in [2.05, 4.69) is 0 Å². The number of methoxy groups -OCH3 is 1. The minimum absolute atomic E-state index is 0.203. The first-order valence-electron chi connectivity index (χ1n) is 5.76. The summed E-state index contributed by atoms with van der Waals surface area (Å²) < 4.78 is 10.7. The van der Waals surface area contributed by atoms with Gasteiger partial charge < -0.3 is 14.6 Å². The Morgan fingerprint density at radius 1 is 1.05 bits per heavy atom. The highest BCUT2D eigenvalue weighted by Crippen LogP contribution is 2.27. The Labute approximate surface area is 111 Å². The highest BCUT2D eigenvalue weighted by molar-refractivity contribution is 5.88. The number of ether oxygens (including phenoxy) is 2. The van der Waals surface area contributed by atoms with Gasteiger partial charge in [-0.1, -0.05) is 6.07 Å². The summed E-state index contributed by atoms with van der Waals surface area (Å²) in [6.45, 7) is 1.87. The number of hydrogen-bond acceptors (Lipinski definition) is 3. The number of aromatic carboxylic acids is 1. The van der Waals surface area contributed by atoms with Crippen molar-refractivity contribution in [2.24, 2.45) is 0 Å². The summed E-state index contributed by atoms with van der Waals surface area (Å²) >= 11 is 0. The Morgan fingerprint density at radius 2 is 1.68 bits per heavy atom. The van der Waals surface area contributed by atoms with Crippen molar-refractivity contribution in [2.75, 3.05) is 7.11 Å². The van der Waals surface area contributed by atoms with Gasteiger partial charge >= 0.3 is 5.97 Å². The molecule has 2 aromatic rings. The molecule has 0 aromatic heterocycles. The Bertz CT molecular complexity index is 588. The molecule has 0 unspecified atom stereocenters. The van der Waals surface area contributed by atoms with Crippen LogP contribution in [0.3, 0.4) is 0 Å². The van der Waals surface area contributed by atoms with Gasteiger partial charge in [-0.25, -0.2) is 4.79 Å². The zero-order valence-corrected chi connectivity index (χ0v) is 10.7. The van der Waals surface area contributed by atoms with Crippen LogP contribution in [-0.4, -0.2) is 18.2 Å². The molecule has 0 fully saturated rings. The predicted octanol–water partition coefficient (Wildman–Crippen LogP) is 3.49. The Kier molecular flexibility index (Phi) is 3.71. The van der Waals surface area contributed by atoms with Crippen LogP contribution in [0.1, 0.15) is 15.9 Å².